The Balaban J connectivity index is 1.59. The number of rotatable bonds is 4. The fourth-order valence-corrected chi connectivity index (χ4v) is 3.01. The number of piperidine rings is 1. The summed E-state index contributed by atoms with van der Waals surface area (Å²) in [4.78, 5) is 18.8. The van der Waals surface area contributed by atoms with Crippen molar-refractivity contribution in [1.29, 1.82) is 0 Å². The van der Waals surface area contributed by atoms with E-state index in [9.17, 15) is 4.79 Å². The van der Waals surface area contributed by atoms with Gasteiger partial charge in [0.25, 0.3) is 0 Å². The van der Waals surface area contributed by atoms with E-state index in [0.717, 1.165) is 43.8 Å². The van der Waals surface area contributed by atoms with Gasteiger partial charge in [0.15, 0.2) is 0 Å². The van der Waals surface area contributed by atoms with Crippen LogP contribution in [0.5, 0.6) is 0 Å². The van der Waals surface area contributed by atoms with Gasteiger partial charge in [0, 0.05) is 25.5 Å². The number of imidazole rings is 1. The Morgan fingerprint density at radius 3 is 2.90 bits per heavy atom. The molecule has 5 nitrogen and oxygen atoms in total. The summed E-state index contributed by atoms with van der Waals surface area (Å²) in [6.45, 7) is 2.80. The Hall–Kier alpha value is -1.88. The van der Waals surface area contributed by atoms with Gasteiger partial charge in [-0.1, -0.05) is 6.07 Å². The Morgan fingerprint density at radius 1 is 1.38 bits per heavy atom. The molecule has 5 heteroatoms. The Kier molecular flexibility index (Phi) is 4.20. The second-order valence-corrected chi connectivity index (χ2v) is 5.76. The number of pyridine rings is 1. The first kappa shape index (κ1) is 14.1. The van der Waals surface area contributed by atoms with E-state index in [1.54, 1.807) is 0 Å². The van der Waals surface area contributed by atoms with Crippen LogP contribution in [-0.2, 0) is 11.2 Å². The molecule has 112 valence electrons. The van der Waals surface area contributed by atoms with Gasteiger partial charge in [-0.05, 0) is 44.5 Å². The van der Waals surface area contributed by atoms with Gasteiger partial charge >= 0.3 is 0 Å². The van der Waals surface area contributed by atoms with E-state index in [2.05, 4.69) is 10.3 Å². The molecule has 2 aromatic heterocycles. The highest BCUT2D eigenvalue weighted by Crippen LogP contribution is 2.17. The zero-order valence-electron chi connectivity index (χ0n) is 12.5. The second-order valence-electron chi connectivity index (χ2n) is 5.76. The lowest BCUT2D eigenvalue weighted by Crippen LogP contribution is -2.41. The maximum absolute atomic E-state index is 12.4. The van der Waals surface area contributed by atoms with Gasteiger partial charge in [-0.15, -0.1) is 0 Å². The molecule has 1 saturated heterocycles. The summed E-state index contributed by atoms with van der Waals surface area (Å²) in [6, 6.07) is 5.88. The molecule has 0 unspecified atom stereocenters. The van der Waals surface area contributed by atoms with E-state index in [1.165, 1.54) is 0 Å². The van der Waals surface area contributed by atoms with Crippen LogP contribution >= 0.6 is 0 Å². The van der Waals surface area contributed by atoms with Crippen LogP contribution in [0.4, 0.5) is 0 Å². The molecule has 1 fully saturated rings. The van der Waals surface area contributed by atoms with Gasteiger partial charge in [-0.2, -0.15) is 0 Å². The first-order chi connectivity index (χ1) is 10.3. The average Bonchev–Trinajstić information content (AvgIpc) is 2.90. The van der Waals surface area contributed by atoms with E-state index < -0.39 is 0 Å². The molecule has 0 bridgehead atoms. The van der Waals surface area contributed by atoms with Crippen molar-refractivity contribution in [2.75, 3.05) is 26.7 Å². The van der Waals surface area contributed by atoms with Gasteiger partial charge in [0.05, 0.1) is 12.1 Å². The molecule has 3 heterocycles. The third kappa shape index (κ3) is 3.24. The van der Waals surface area contributed by atoms with Crippen molar-refractivity contribution in [2.24, 2.45) is 5.92 Å². The summed E-state index contributed by atoms with van der Waals surface area (Å²) in [6.07, 6.45) is 6.49. The second kappa shape index (κ2) is 6.26. The number of nitrogens with zero attached hydrogens (tertiary/aromatic N) is 3. The smallest absolute Gasteiger partial charge is 0.228 e. The molecule has 0 atom stereocenters. The number of carbonyl (C=O) groups excluding carboxylic acids is 1. The average molecular weight is 286 g/mol. The minimum Gasteiger partial charge on any atom is -0.342 e. The summed E-state index contributed by atoms with van der Waals surface area (Å²) in [5.74, 6) is 0.899. The van der Waals surface area contributed by atoms with Crippen molar-refractivity contribution in [1.82, 2.24) is 19.6 Å². The number of fused-ring (bicyclic) bond motifs is 1. The molecule has 0 saturated carbocycles. The van der Waals surface area contributed by atoms with Gasteiger partial charge in [-0.3, -0.25) is 4.79 Å². The summed E-state index contributed by atoms with van der Waals surface area (Å²) >= 11 is 0. The van der Waals surface area contributed by atoms with Crippen molar-refractivity contribution >= 4 is 11.6 Å². The lowest BCUT2D eigenvalue weighted by Gasteiger charge is -2.31. The minimum absolute atomic E-state index is 0.196. The Labute approximate surface area is 125 Å². The highest BCUT2D eigenvalue weighted by atomic mass is 16.2. The number of amides is 1. The first-order valence-electron chi connectivity index (χ1n) is 7.61. The molecule has 3 rings (SSSR count). The van der Waals surface area contributed by atoms with Crippen LogP contribution in [0.2, 0.25) is 0 Å². The Bertz CT molecular complexity index is 581. The standard InChI is InChI=1S/C16H22N4O/c1-17-11-13-5-8-19(9-6-13)16(21)10-14-12-20-7-3-2-4-15(20)18-14/h2-4,7,12-13,17H,5-6,8-11H2,1H3. The molecule has 1 N–H and O–H groups in total. The van der Waals surface area contributed by atoms with Gasteiger partial charge in [0.1, 0.15) is 5.65 Å². The zero-order chi connectivity index (χ0) is 14.7. The number of hydrogen-bond donors (Lipinski definition) is 1. The lowest BCUT2D eigenvalue weighted by atomic mass is 9.96. The number of likely N-dealkylation sites (tertiary alicyclic amines) is 1. The Morgan fingerprint density at radius 2 is 2.19 bits per heavy atom. The zero-order valence-corrected chi connectivity index (χ0v) is 12.5. The maximum atomic E-state index is 12.4. The predicted molar refractivity (Wildman–Crippen MR) is 82.1 cm³/mol. The van der Waals surface area contributed by atoms with Crippen molar-refractivity contribution in [3.63, 3.8) is 0 Å². The van der Waals surface area contributed by atoms with Gasteiger partial charge in [-0.25, -0.2) is 4.98 Å². The van der Waals surface area contributed by atoms with E-state index in [0.29, 0.717) is 12.3 Å². The maximum Gasteiger partial charge on any atom is 0.228 e. The molecule has 1 aliphatic rings. The molecular weight excluding hydrogens is 264 g/mol. The summed E-state index contributed by atoms with van der Waals surface area (Å²) in [5, 5.41) is 3.22. The minimum atomic E-state index is 0.196. The molecule has 0 spiro atoms. The van der Waals surface area contributed by atoms with Crippen LogP contribution in [-0.4, -0.2) is 46.9 Å². The number of aromatic nitrogens is 2. The highest BCUT2D eigenvalue weighted by molar-refractivity contribution is 5.78. The lowest BCUT2D eigenvalue weighted by molar-refractivity contribution is -0.131. The molecular formula is C16H22N4O. The van der Waals surface area contributed by atoms with E-state index >= 15 is 0 Å². The van der Waals surface area contributed by atoms with Crippen LogP contribution < -0.4 is 5.32 Å². The van der Waals surface area contributed by atoms with E-state index in [1.807, 2.05) is 46.9 Å². The third-order valence-corrected chi connectivity index (χ3v) is 4.21. The van der Waals surface area contributed by atoms with Crippen LogP contribution in [0.1, 0.15) is 18.5 Å². The third-order valence-electron chi connectivity index (χ3n) is 4.21. The monoisotopic (exact) mass is 286 g/mol. The highest BCUT2D eigenvalue weighted by Gasteiger charge is 2.22. The normalized spacial score (nSPS) is 16.5. The fourth-order valence-electron chi connectivity index (χ4n) is 3.01. The largest absolute Gasteiger partial charge is 0.342 e. The number of hydrogen-bond acceptors (Lipinski definition) is 3. The quantitative estimate of drug-likeness (QED) is 0.922. The summed E-state index contributed by atoms with van der Waals surface area (Å²) < 4.78 is 1.96. The summed E-state index contributed by atoms with van der Waals surface area (Å²) in [7, 11) is 1.99. The van der Waals surface area contributed by atoms with E-state index in [4.69, 9.17) is 0 Å². The molecule has 1 aliphatic heterocycles. The van der Waals surface area contributed by atoms with Gasteiger partial charge < -0.3 is 14.6 Å². The predicted octanol–water partition coefficient (Wildman–Crippen LogP) is 1.33. The number of carbonyl (C=O) groups is 1. The summed E-state index contributed by atoms with van der Waals surface area (Å²) in [5.41, 5.74) is 1.75. The SMILES string of the molecule is CNCC1CCN(C(=O)Cc2cn3ccccc3n2)CC1. The molecule has 2 aromatic rings. The first-order valence-corrected chi connectivity index (χ1v) is 7.61. The van der Waals surface area contributed by atoms with E-state index in [-0.39, 0.29) is 5.91 Å². The van der Waals surface area contributed by atoms with Crippen LogP contribution in [0.15, 0.2) is 30.6 Å². The molecule has 0 aliphatic carbocycles. The number of nitrogens with one attached hydrogen (secondary N) is 1. The fraction of sp³-hybridized carbons (Fsp3) is 0.500. The molecule has 0 aromatic carbocycles. The topological polar surface area (TPSA) is 49.6 Å². The van der Waals surface area contributed by atoms with Crippen molar-refractivity contribution in [2.45, 2.75) is 19.3 Å². The van der Waals surface area contributed by atoms with Crippen LogP contribution in [0.3, 0.4) is 0 Å². The molecule has 0 radical (unpaired) electrons. The van der Waals surface area contributed by atoms with Gasteiger partial charge in [0.2, 0.25) is 5.91 Å². The van der Waals surface area contributed by atoms with Crippen LogP contribution in [0.25, 0.3) is 5.65 Å². The van der Waals surface area contributed by atoms with Crippen molar-refractivity contribution in [3.8, 4) is 0 Å². The molecule has 21 heavy (non-hydrogen) atoms. The van der Waals surface area contributed by atoms with Crippen molar-refractivity contribution < 1.29 is 4.79 Å². The van der Waals surface area contributed by atoms with Crippen molar-refractivity contribution in [3.05, 3.63) is 36.3 Å². The molecule has 1 amide bonds. The van der Waals surface area contributed by atoms with Crippen LogP contribution in [0, 0.1) is 5.92 Å².